The first-order chi connectivity index (χ1) is 24.8. The van der Waals surface area contributed by atoms with E-state index >= 15 is 0 Å². The van der Waals surface area contributed by atoms with Gasteiger partial charge in [0, 0.05) is 53.5 Å². The molecule has 51 heavy (non-hydrogen) atoms. The quantitative estimate of drug-likeness (QED) is 0.167. The Morgan fingerprint density at radius 3 is 2.39 bits per heavy atom. The molecule has 0 saturated carbocycles. The third-order valence-corrected chi connectivity index (χ3v) is 9.94. The minimum absolute atomic E-state index is 0.114. The number of likely N-dealkylation sites (tertiary alicyclic amines) is 1. The molecule has 4 aromatic carbocycles. The Morgan fingerprint density at radius 1 is 0.882 bits per heavy atom. The molecule has 0 bridgehead atoms. The molecular formula is C41H37N3O7. The first kappa shape index (κ1) is 33.3. The first-order valence-corrected chi connectivity index (χ1v) is 16.8. The van der Waals surface area contributed by atoms with Gasteiger partial charge in [0.2, 0.25) is 0 Å². The second-order valence-corrected chi connectivity index (χ2v) is 12.7. The summed E-state index contributed by atoms with van der Waals surface area (Å²) in [4.78, 5) is 56.2. The monoisotopic (exact) mass is 683 g/mol. The molecule has 258 valence electrons. The van der Waals surface area contributed by atoms with Gasteiger partial charge in [0.25, 0.3) is 17.7 Å². The van der Waals surface area contributed by atoms with E-state index in [0.29, 0.717) is 66.2 Å². The maximum Gasteiger partial charge on any atom is 0.289 e. The van der Waals surface area contributed by atoms with E-state index in [-0.39, 0.29) is 36.6 Å². The molecule has 2 aliphatic rings. The van der Waals surface area contributed by atoms with Crippen molar-refractivity contribution in [3.63, 3.8) is 0 Å². The number of furan rings is 1. The van der Waals surface area contributed by atoms with Crippen molar-refractivity contribution in [2.24, 2.45) is 0 Å². The molecule has 7 rings (SSSR count). The summed E-state index contributed by atoms with van der Waals surface area (Å²) in [5.41, 5.74) is 3.84. The Labute approximate surface area is 295 Å². The zero-order valence-electron chi connectivity index (χ0n) is 28.4. The Balaban J connectivity index is 1.17. The average Bonchev–Trinajstić information content (AvgIpc) is 3.76. The van der Waals surface area contributed by atoms with Gasteiger partial charge >= 0.3 is 0 Å². The average molecular weight is 684 g/mol. The van der Waals surface area contributed by atoms with Crippen molar-refractivity contribution in [3.05, 3.63) is 142 Å². The van der Waals surface area contributed by atoms with Crippen LogP contribution in [0.25, 0.3) is 11.3 Å². The lowest BCUT2D eigenvalue weighted by Gasteiger charge is -2.45. The standard InChI is InChI=1S/C41H37N3O7/c1-49-31-14-13-29(37(23-31)50-2)25-44-39(47)33-15-12-27(24-42-38(46)32-11-7-6-10-30(32)26-45)22-34(33)41(44)18-20-43(21-19-41)40(48)36-17-16-35(51-36)28-8-4-3-5-9-28/h3-17,22-23,26H,18-21,24-25H2,1-2H3,(H,42,46). The molecule has 10 nitrogen and oxygen atoms in total. The van der Waals surface area contributed by atoms with Crippen molar-refractivity contribution in [1.29, 1.82) is 0 Å². The van der Waals surface area contributed by atoms with Crippen molar-refractivity contribution in [1.82, 2.24) is 15.1 Å². The summed E-state index contributed by atoms with van der Waals surface area (Å²) in [6.07, 6.45) is 1.65. The number of carbonyl (C=O) groups excluding carboxylic acids is 4. The van der Waals surface area contributed by atoms with Gasteiger partial charge in [-0.3, -0.25) is 19.2 Å². The summed E-state index contributed by atoms with van der Waals surface area (Å²) in [5.74, 6) is 1.45. The van der Waals surface area contributed by atoms with Crippen LogP contribution in [0.2, 0.25) is 0 Å². The SMILES string of the molecule is COc1ccc(CN2C(=O)c3ccc(CNC(=O)c4ccccc4C=O)cc3C23CCN(C(=O)c2ccc(-c4ccccc4)o2)CC3)c(OC)c1. The zero-order valence-corrected chi connectivity index (χ0v) is 28.4. The van der Waals surface area contributed by atoms with Crippen LogP contribution in [-0.2, 0) is 18.6 Å². The fraction of sp³-hybridized carbons (Fsp3) is 0.220. The van der Waals surface area contributed by atoms with Gasteiger partial charge in [-0.2, -0.15) is 0 Å². The largest absolute Gasteiger partial charge is 0.497 e. The predicted molar refractivity (Wildman–Crippen MR) is 190 cm³/mol. The van der Waals surface area contributed by atoms with Crippen LogP contribution in [0.5, 0.6) is 11.5 Å². The highest BCUT2D eigenvalue weighted by Crippen LogP contribution is 2.48. The number of ether oxygens (including phenoxy) is 2. The van der Waals surface area contributed by atoms with Crippen LogP contribution < -0.4 is 14.8 Å². The van der Waals surface area contributed by atoms with E-state index in [1.54, 1.807) is 55.5 Å². The number of fused-ring (bicyclic) bond motifs is 2. The highest BCUT2D eigenvalue weighted by Gasteiger charge is 2.51. The van der Waals surface area contributed by atoms with E-state index in [0.717, 1.165) is 22.3 Å². The molecule has 0 aliphatic carbocycles. The van der Waals surface area contributed by atoms with E-state index in [9.17, 15) is 19.2 Å². The van der Waals surface area contributed by atoms with Gasteiger partial charge in [0.05, 0.1) is 26.3 Å². The summed E-state index contributed by atoms with van der Waals surface area (Å²) in [6.45, 7) is 1.27. The van der Waals surface area contributed by atoms with E-state index in [2.05, 4.69) is 5.32 Å². The molecule has 1 N–H and O–H groups in total. The van der Waals surface area contributed by atoms with Crippen molar-refractivity contribution in [2.45, 2.75) is 31.5 Å². The second kappa shape index (κ2) is 14.0. The number of methoxy groups -OCH3 is 2. The van der Waals surface area contributed by atoms with Crippen molar-refractivity contribution in [2.75, 3.05) is 27.3 Å². The highest BCUT2D eigenvalue weighted by molar-refractivity contribution is 6.02. The maximum absolute atomic E-state index is 14.3. The van der Waals surface area contributed by atoms with Gasteiger partial charge in [0.1, 0.15) is 17.3 Å². The van der Waals surface area contributed by atoms with E-state index in [1.165, 1.54) is 0 Å². The van der Waals surface area contributed by atoms with Gasteiger partial charge in [-0.1, -0.05) is 60.7 Å². The number of aldehydes is 1. The maximum atomic E-state index is 14.3. The number of hydrogen-bond acceptors (Lipinski definition) is 7. The normalized spacial score (nSPS) is 14.7. The van der Waals surface area contributed by atoms with Crippen LogP contribution in [0.3, 0.4) is 0 Å². The Kier molecular flexibility index (Phi) is 9.15. The lowest BCUT2D eigenvalue weighted by atomic mass is 9.80. The summed E-state index contributed by atoms with van der Waals surface area (Å²) in [7, 11) is 3.18. The number of rotatable bonds is 10. The van der Waals surface area contributed by atoms with Gasteiger partial charge in [0.15, 0.2) is 12.0 Å². The number of nitrogens with zero attached hydrogens (tertiary/aromatic N) is 2. The molecule has 0 radical (unpaired) electrons. The number of piperidine rings is 1. The molecule has 5 aromatic rings. The van der Waals surface area contributed by atoms with Gasteiger partial charge in [-0.05, 0) is 60.4 Å². The molecule has 2 aliphatic heterocycles. The molecule has 3 amide bonds. The van der Waals surface area contributed by atoms with Crippen LogP contribution in [0, 0.1) is 0 Å². The van der Waals surface area contributed by atoms with Crippen molar-refractivity contribution >= 4 is 24.0 Å². The Bertz CT molecular complexity index is 2110. The smallest absolute Gasteiger partial charge is 0.289 e. The van der Waals surface area contributed by atoms with Gasteiger partial charge in [-0.15, -0.1) is 0 Å². The minimum Gasteiger partial charge on any atom is -0.497 e. The number of nitrogens with one attached hydrogen (secondary N) is 1. The van der Waals surface area contributed by atoms with Crippen molar-refractivity contribution in [3.8, 4) is 22.8 Å². The minimum atomic E-state index is -0.726. The second-order valence-electron chi connectivity index (χ2n) is 12.7. The number of carbonyl (C=O) groups is 4. The molecule has 0 unspecified atom stereocenters. The van der Waals surface area contributed by atoms with E-state index < -0.39 is 5.54 Å². The molecule has 1 aromatic heterocycles. The fourth-order valence-electron chi connectivity index (χ4n) is 7.20. The van der Waals surface area contributed by atoms with E-state index in [1.807, 2.05) is 71.6 Å². The van der Waals surface area contributed by atoms with Crippen LogP contribution in [0.1, 0.15) is 71.2 Å². The molecule has 3 heterocycles. The van der Waals surface area contributed by atoms with Crippen LogP contribution in [0.4, 0.5) is 0 Å². The topological polar surface area (TPSA) is 118 Å². The summed E-state index contributed by atoms with van der Waals surface area (Å²) >= 11 is 0. The lowest BCUT2D eigenvalue weighted by Crippen LogP contribution is -2.52. The lowest BCUT2D eigenvalue weighted by molar-refractivity contribution is 0.0212. The highest BCUT2D eigenvalue weighted by atomic mass is 16.5. The third kappa shape index (κ3) is 6.25. The molecular weight excluding hydrogens is 646 g/mol. The summed E-state index contributed by atoms with van der Waals surface area (Å²) < 4.78 is 17.1. The fourth-order valence-corrected chi connectivity index (χ4v) is 7.20. The van der Waals surface area contributed by atoms with Crippen molar-refractivity contribution < 1.29 is 33.1 Å². The third-order valence-electron chi connectivity index (χ3n) is 9.94. The van der Waals surface area contributed by atoms with Crippen LogP contribution >= 0.6 is 0 Å². The number of hydrogen-bond donors (Lipinski definition) is 1. The first-order valence-electron chi connectivity index (χ1n) is 16.8. The number of amides is 3. The van der Waals surface area contributed by atoms with E-state index in [4.69, 9.17) is 13.9 Å². The molecule has 1 saturated heterocycles. The molecule has 0 atom stereocenters. The Hall–Kier alpha value is -6.16. The number of benzene rings is 4. The molecule has 1 fully saturated rings. The predicted octanol–water partition coefficient (Wildman–Crippen LogP) is 6.49. The van der Waals surface area contributed by atoms with Gasteiger partial charge < -0.3 is 29.0 Å². The summed E-state index contributed by atoms with van der Waals surface area (Å²) in [6, 6.07) is 31.0. The van der Waals surface area contributed by atoms with Gasteiger partial charge in [-0.25, -0.2) is 0 Å². The van der Waals surface area contributed by atoms with Crippen LogP contribution in [-0.4, -0.2) is 61.1 Å². The molecule has 10 heteroatoms. The zero-order chi connectivity index (χ0) is 35.5. The molecule has 1 spiro atoms. The summed E-state index contributed by atoms with van der Waals surface area (Å²) in [5, 5.41) is 2.93. The van der Waals surface area contributed by atoms with Crippen LogP contribution in [0.15, 0.2) is 108 Å². The Morgan fingerprint density at radius 2 is 1.65 bits per heavy atom.